The minimum Gasteiger partial charge on any atom is -0.489 e. The number of benzene rings is 1. The van der Waals surface area contributed by atoms with Gasteiger partial charge < -0.3 is 14.8 Å². The van der Waals surface area contributed by atoms with E-state index in [0.29, 0.717) is 33.9 Å². The summed E-state index contributed by atoms with van der Waals surface area (Å²) in [6.07, 6.45) is 1.39. The number of methoxy groups -OCH3 is 1. The van der Waals surface area contributed by atoms with Crippen molar-refractivity contribution in [3.05, 3.63) is 34.6 Å². The molecule has 0 spiro atoms. The molecule has 2 rings (SSSR count). The van der Waals surface area contributed by atoms with Gasteiger partial charge in [-0.1, -0.05) is 23.2 Å². The van der Waals surface area contributed by atoms with E-state index in [1.54, 1.807) is 18.2 Å². The van der Waals surface area contributed by atoms with E-state index >= 15 is 0 Å². The summed E-state index contributed by atoms with van der Waals surface area (Å²) < 4.78 is 10.9. The summed E-state index contributed by atoms with van der Waals surface area (Å²) in [6.45, 7) is 2.66. The predicted molar refractivity (Wildman–Crippen MR) is 79.3 cm³/mol. The van der Waals surface area contributed by atoms with Crippen LogP contribution >= 0.6 is 23.2 Å². The van der Waals surface area contributed by atoms with Crippen molar-refractivity contribution in [3.63, 3.8) is 0 Å². The maximum atomic E-state index is 5.93. The first-order chi connectivity index (χ1) is 9.63. The average Bonchev–Trinajstić information content (AvgIpc) is 2.38. The van der Waals surface area contributed by atoms with Crippen LogP contribution in [0.1, 0.15) is 6.92 Å². The van der Waals surface area contributed by atoms with Crippen molar-refractivity contribution in [2.45, 2.75) is 6.92 Å². The third kappa shape index (κ3) is 3.43. The molecule has 0 aliphatic heterocycles. The number of aromatic nitrogens is 2. The Labute approximate surface area is 126 Å². The Morgan fingerprint density at radius 2 is 1.85 bits per heavy atom. The van der Waals surface area contributed by atoms with Gasteiger partial charge in [0, 0.05) is 16.6 Å². The lowest BCUT2D eigenvalue weighted by Gasteiger charge is -2.12. The Kier molecular flexibility index (Phi) is 4.87. The van der Waals surface area contributed by atoms with Gasteiger partial charge in [0.1, 0.15) is 12.1 Å². The fraction of sp³-hybridized carbons (Fsp3) is 0.231. The van der Waals surface area contributed by atoms with E-state index < -0.39 is 0 Å². The van der Waals surface area contributed by atoms with E-state index in [-0.39, 0.29) is 5.88 Å². The Balaban J connectivity index is 2.35. The Bertz CT molecular complexity index is 588. The highest BCUT2D eigenvalue weighted by molar-refractivity contribution is 6.34. The summed E-state index contributed by atoms with van der Waals surface area (Å²) in [5.74, 6) is 1.75. The minimum absolute atomic E-state index is 0.289. The molecule has 0 atom stereocenters. The number of anilines is 1. The third-order valence-electron chi connectivity index (χ3n) is 2.37. The van der Waals surface area contributed by atoms with Gasteiger partial charge >= 0.3 is 0 Å². The first-order valence-corrected chi connectivity index (χ1v) is 6.66. The van der Waals surface area contributed by atoms with E-state index in [4.69, 9.17) is 32.7 Å². The zero-order valence-electron chi connectivity index (χ0n) is 11.0. The van der Waals surface area contributed by atoms with Crippen LogP contribution in [-0.4, -0.2) is 23.6 Å². The molecule has 0 aliphatic carbocycles. The Morgan fingerprint density at radius 3 is 2.45 bits per heavy atom. The van der Waals surface area contributed by atoms with Gasteiger partial charge in [-0.3, -0.25) is 0 Å². The van der Waals surface area contributed by atoms with Crippen LogP contribution in [0.15, 0.2) is 24.5 Å². The van der Waals surface area contributed by atoms with Gasteiger partial charge in [0.25, 0.3) is 5.88 Å². The summed E-state index contributed by atoms with van der Waals surface area (Å²) in [6, 6.07) is 4.90. The Hall–Kier alpha value is -1.72. The molecule has 2 aromatic rings. The molecule has 1 aromatic heterocycles. The highest BCUT2D eigenvalue weighted by Crippen LogP contribution is 2.35. The van der Waals surface area contributed by atoms with Crippen LogP contribution in [0, 0.1) is 0 Å². The molecule has 0 unspecified atom stereocenters. The van der Waals surface area contributed by atoms with Crippen LogP contribution in [0.5, 0.6) is 17.4 Å². The van der Waals surface area contributed by atoms with Crippen LogP contribution < -0.4 is 14.8 Å². The van der Waals surface area contributed by atoms with Gasteiger partial charge in [-0.2, -0.15) is 4.98 Å². The summed E-state index contributed by atoms with van der Waals surface area (Å²) >= 11 is 11.9. The number of halogens is 2. The summed E-state index contributed by atoms with van der Waals surface area (Å²) in [5, 5.41) is 4.03. The molecule has 20 heavy (non-hydrogen) atoms. The Morgan fingerprint density at radius 1 is 1.15 bits per heavy atom. The van der Waals surface area contributed by atoms with Crippen molar-refractivity contribution in [3.8, 4) is 17.4 Å². The zero-order chi connectivity index (χ0) is 14.5. The SMILES string of the molecule is CCNc1ncnc(Oc2cc(Cl)cc(Cl)c2)c1OC. The second kappa shape index (κ2) is 6.63. The maximum Gasteiger partial charge on any atom is 0.268 e. The van der Waals surface area contributed by atoms with Gasteiger partial charge in [0.15, 0.2) is 5.82 Å². The lowest BCUT2D eigenvalue weighted by Crippen LogP contribution is -2.04. The predicted octanol–water partition coefficient (Wildman–Crippen LogP) is 4.02. The molecule has 106 valence electrons. The lowest BCUT2D eigenvalue weighted by atomic mass is 10.3. The normalized spacial score (nSPS) is 10.2. The van der Waals surface area contributed by atoms with Gasteiger partial charge in [-0.15, -0.1) is 0 Å². The zero-order valence-corrected chi connectivity index (χ0v) is 12.5. The highest BCUT2D eigenvalue weighted by Gasteiger charge is 2.14. The number of nitrogens with zero attached hydrogens (tertiary/aromatic N) is 2. The molecule has 0 fully saturated rings. The van der Waals surface area contributed by atoms with Gasteiger partial charge in [-0.05, 0) is 25.1 Å². The lowest BCUT2D eigenvalue weighted by molar-refractivity contribution is 0.369. The highest BCUT2D eigenvalue weighted by atomic mass is 35.5. The molecule has 0 saturated heterocycles. The molecule has 0 saturated carbocycles. The first-order valence-electron chi connectivity index (χ1n) is 5.90. The number of hydrogen-bond donors (Lipinski definition) is 1. The number of hydrogen-bond acceptors (Lipinski definition) is 5. The van der Waals surface area contributed by atoms with E-state index in [2.05, 4.69) is 15.3 Å². The quantitative estimate of drug-likeness (QED) is 0.903. The van der Waals surface area contributed by atoms with Crippen LogP contribution in [0.25, 0.3) is 0 Å². The van der Waals surface area contributed by atoms with Crippen molar-refractivity contribution in [1.82, 2.24) is 9.97 Å². The van der Waals surface area contributed by atoms with Crippen LogP contribution in [0.4, 0.5) is 5.82 Å². The van der Waals surface area contributed by atoms with Crippen LogP contribution in [-0.2, 0) is 0 Å². The second-order valence-electron chi connectivity index (χ2n) is 3.80. The largest absolute Gasteiger partial charge is 0.489 e. The summed E-state index contributed by atoms with van der Waals surface area (Å²) in [4.78, 5) is 8.16. The smallest absolute Gasteiger partial charge is 0.268 e. The number of nitrogens with one attached hydrogen (secondary N) is 1. The molecular formula is C13H13Cl2N3O2. The molecule has 0 radical (unpaired) electrons. The van der Waals surface area contributed by atoms with Crippen molar-refractivity contribution in [2.75, 3.05) is 19.0 Å². The summed E-state index contributed by atoms with van der Waals surface area (Å²) in [5.41, 5.74) is 0. The first kappa shape index (κ1) is 14.7. The van der Waals surface area contributed by atoms with Crippen LogP contribution in [0.3, 0.4) is 0 Å². The fourth-order valence-corrected chi connectivity index (χ4v) is 2.11. The molecule has 1 N–H and O–H groups in total. The molecule has 5 nitrogen and oxygen atoms in total. The average molecular weight is 314 g/mol. The maximum absolute atomic E-state index is 5.93. The number of ether oxygens (including phenoxy) is 2. The van der Waals surface area contributed by atoms with Crippen molar-refractivity contribution in [2.24, 2.45) is 0 Å². The molecule has 0 bridgehead atoms. The third-order valence-corrected chi connectivity index (χ3v) is 2.81. The van der Waals surface area contributed by atoms with E-state index in [0.717, 1.165) is 0 Å². The number of rotatable bonds is 5. The summed E-state index contributed by atoms with van der Waals surface area (Å²) in [7, 11) is 1.53. The van der Waals surface area contributed by atoms with Gasteiger partial charge in [0.2, 0.25) is 5.75 Å². The van der Waals surface area contributed by atoms with Gasteiger partial charge in [-0.25, -0.2) is 4.98 Å². The standard InChI is InChI=1S/C13H13Cl2N3O2/c1-3-16-12-11(19-2)13(18-7-17-12)20-10-5-8(14)4-9(15)6-10/h4-7H,3H2,1-2H3,(H,16,17,18). The molecule has 0 amide bonds. The molecule has 0 aliphatic rings. The fourth-order valence-electron chi connectivity index (χ4n) is 1.61. The van der Waals surface area contributed by atoms with Crippen molar-refractivity contribution in [1.29, 1.82) is 0 Å². The molecule has 7 heteroatoms. The van der Waals surface area contributed by atoms with E-state index in [9.17, 15) is 0 Å². The monoisotopic (exact) mass is 313 g/mol. The molecule has 1 heterocycles. The molecular weight excluding hydrogens is 301 g/mol. The van der Waals surface area contributed by atoms with Crippen molar-refractivity contribution >= 4 is 29.0 Å². The van der Waals surface area contributed by atoms with E-state index in [1.807, 2.05) is 6.92 Å². The topological polar surface area (TPSA) is 56.3 Å². The molecule has 1 aromatic carbocycles. The minimum atomic E-state index is 0.289. The van der Waals surface area contributed by atoms with Crippen LogP contribution in [0.2, 0.25) is 10.0 Å². The van der Waals surface area contributed by atoms with E-state index in [1.165, 1.54) is 13.4 Å². The second-order valence-corrected chi connectivity index (χ2v) is 4.67. The van der Waals surface area contributed by atoms with Crippen molar-refractivity contribution < 1.29 is 9.47 Å². The van der Waals surface area contributed by atoms with Gasteiger partial charge in [0.05, 0.1) is 7.11 Å².